The van der Waals surface area contributed by atoms with E-state index in [0.29, 0.717) is 23.9 Å². The lowest BCUT2D eigenvalue weighted by Gasteiger charge is -2.22. The third kappa shape index (κ3) is 2.86. The summed E-state index contributed by atoms with van der Waals surface area (Å²) in [6, 6.07) is 7.82. The second-order valence-electron chi connectivity index (χ2n) is 5.65. The van der Waals surface area contributed by atoms with Crippen molar-refractivity contribution in [3.8, 4) is 11.8 Å². The van der Waals surface area contributed by atoms with E-state index in [0.717, 1.165) is 48.3 Å². The Hall–Kier alpha value is -2.25. The van der Waals surface area contributed by atoms with Gasteiger partial charge in [0.1, 0.15) is 17.1 Å². The molecule has 0 bridgehead atoms. The molecule has 22 heavy (non-hydrogen) atoms. The van der Waals surface area contributed by atoms with Crippen LogP contribution in [0.5, 0.6) is 5.75 Å². The van der Waals surface area contributed by atoms with Crippen LogP contribution in [0.4, 0.5) is 0 Å². The minimum absolute atomic E-state index is 0.415. The molecule has 0 radical (unpaired) electrons. The van der Waals surface area contributed by atoms with Gasteiger partial charge in [0, 0.05) is 24.2 Å². The Morgan fingerprint density at radius 3 is 2.91 bits per heavy atom. The van der Waals surface area contributed by atoms with Crippen molar-refractivity contribution < 1.29 is 13.9 Å². The van der Waals surface area contributed by atoms with Gasteiger partial charge in [-0.05, 0) is 43.9 Å². The molecule has 2 aromatic rings. The van der Waals surface area contributed by atoms with Gasteiger partial charge in [-0.3, -0.25) is 0 Å². The number of fused-ring (bicyclic) bond motifs is 1. The molecule has 3 rings (SSSR count). The van der Waals surface area contributed by atoms with E-state index in [4.69, 9.17) is 19.2 Å². The van der Waals surface area contributed by atoms with Crippen molar-refractivity contribution in [1.82, 2.24) is 0 Å². The second-order valence-corrected chi connectivity index (χ2v) is 5.65. The summed E-state index contributed by atoms with van der Waals surface area (Å²) in [5, 5.41) is 9.98. The summed E-state index contributed by atoms with van der Waals surface area (Å²) >= 11 is 0. The number of ether oxygens (including phenoxy) is 2. The minimum Gasteiger partial charge on any atom is -0.493 e. The van der Waals surface area contributed by atoms with Crippen molar-refractivity contribution in [3.63, 3.8) is 0 Å². The average Bonchev–Trinajstić information content (AvgIpc) is 2.88. The zero-order valence-corrected chi connectivity index (χ0v) is 12.7. The van der Waals surface area contributed by atoms with Crippen LogP contribution in [0.15, 0.2) is 29.2 Å². The largest absolute Gasteiger partial charge is 0.493 e. The summed E-state index contributed by atoms with van der Waals surface area (Å²) in [4.78, 5) is 0. The van der Waals surface area contributed by atoms with E-state index < -0.39 is 0 Å². The van der Waals surface area contributed by atoms with Gasteiger partial charge in [-0.15, -0.1) is 0 Å². The van der Waals surface area contributed by atoms with Gasteiger partial charge in [0.05, 0.1) is 18.2 Å². The molecular weight excluding hydrogens is 278 g/mol. The lowest BCUT2D eigenvalue weighted by atomic mass is 10.0. The zero-order valence-electron chi connectivity index (χ0n) is 12.7. The first-order valence-electron chi connectivity index (χ1n) is 7.52. The van der Waals surface area contributed by atoms with Gasteiger partial charge in [-0.25, -0.2) is 0 Å². The first-order valence-corrected chi connectivity index (χ1v) is 7.52. The fraction of sp³-hybridized carbons (Fsp3) is 0.389. The Morgan fingerprint density at radius 1 is 1.41 bits per heavy atom. The van der Waals surface area contributed by atoms with E-state index in [1.807, 2.05) is 25.1 Å². The van der Waals surface area contributed by atoms with Gasteiger partial charge in [0.25, 0.3) is 0 Å². The topological polar surface area (TPSA) is 55.4 Å². The molecule has 4 nitrogen and oxygen atoms in total. The van der Waals surface area contributed by atoms with Crippen LogP contribution in [0.3, 0.4) is 0 Å². The lowest BCUT2D eigenvalue weighted by molar-refractivity contribution is 0.0498. The molecule has 1 aromatic heterocycles. The van der Waals surface area contributed by atoms with E-state index in [1.54, 1.807) is 0 Å². The van der Waals surface area contributed by atoms with Crippen molar-refractivity contribution >= 4 is 16.5 Å². The first kappa shape index (κ1) is 14.7. The molecule has 114 valence electrons. The monoisotopic (exact) mass is 297 g/mol. The highest BCUT2D eigenvalue weighted by Gasteiger charge is 2.16. The average molecular weight is 297 g/mol. The molecule has 0 spiro atoms. The number of furan rings is 1. The predicted molar refractivity (Wildman–Crippen MR) is 84.6 cm³/mol. The number of hydrogen-bond acceptors (Lipinski definition) is 4. The van der Waals surface area contributed by atoms with Gasteiger partial charge in [-0.1, -0.05) is 6.58 Å². The van der Waals surface area contributed by atoms with E-state index in [-0.39, 0.29) is 0 Å². The molecule has 1 saturated heterocycles. The van der Waals surface area contributed by atoms with Gasteiger partial charge >= 0.3 is 0 Å². The summed E-state index contributed by atoms with van der Waals surface area (Å²) in [5.41, 5.74) is 1.94. The first-order chi connectivity index (χ1) is 10.7. The molecule has 0 aliphatic carbocycles. The van der Waals surface area contributed by atoms with E-state index in [1.165, 1.54) is 0 Å². The molecule has 0 amide bonds. The molecule has 0 saturated carbocycles. The maximum absolute atomic E-state index is 9.10. The number of nitrogens with zero attached hydrogens (tertiary/aromatic N) is 1. The predicted octanol–water partition coefficient (Wildman–Crippen LogP) is 4.08. The number of rotatable bonds is 4. The molecule has 4 heteroatoms. The summed E-state index contributed by atoms with van der Waals surface area (Å²) in [6.07, 6.45) is 2.09. The summed E-state index contributed by atoms with van der Waals surface area (Å²) in [6.45, 7) is 7.98. The van der Waals surface area contributed by atoms with Crippen LogP contribution in [0.2, 0.25) is 0 Å². The van der Waals surface area contributed by atoms with Crippen molar-refractivity contribution in [2.24, 2.45) is 5.92 Å². The summed E-state index contributed by atoms with van der Waals surface area (Å²) in [5.74, 6) is 2.05. The van der Waals surface area contributed by atoms with Gasteiger partial charge in [-0.2, -0.15) is 5.26 Å². The second kappa shape index (κ2) is 6.25. The molecule has 2 heterocycles. The molecule has 1 fully saturated rings. The minimum atomic E-state index is 0.415. The van der Waals surface area contributed by atoms with Gasteiger partial charge < -0.3 is 13.9 Å². The smallest absolute Gasteiger partial charge is 0.135 e. The van der Waals surface area contributed by atoms with Crippen LogP contribution in [0, 0.1) is 24.2 Å². The quantitative estimate of drug-likeness (QED) is 0.798. The van der Waals surface area contributed by atoms with Gasteiger partial charge in [0.2, 0.25) is 0 Å². The van der Waals surface area contributed by atoms with E-state index >= 15 is 0 Å². The molecule has 1 aliphatic rings. The summed E-state index contributed by atoms with van der Waals surface area (Å²) in [7, 11) is 0. The van der Waals surface area contributed by atoms with Crippen LogP contribution >= 0.6 is 0 Å². The highest BCUT2D eigenvalue weighted by Crippen LogP contribution is 2.33. The van der Waals surface area contributed by atoms with Crippen LogP contribution in [0.25, 0.3) is 16.5 Å². The number of nitriles is 1. The molecule has 1 aliphatic heterocycles. The SMILES string of the molecule is C=C(C#N)c1c(C)oc2ccc(OCC3CCOCC3)cc12. The van der Waals surface area contributed by atoms with Crippen LogP contribution in [-0.4, -0.2) is 19.8 Å². The Morgan fingerprint density at radius 2 is 2.18 bits per heavy atom. The van der Waals surface area contributed by atoms with E-state index in [2.05, 4.69) is 12.6 Å². The maximum atomic E-state index is 9.10. The third-order valence-corrected chi connectivity index (χ3v) is 4.10. The zero-order chi connectivity index (χ0) is 15.5. The van der Waals surface area contributed by atoms with Crippen LogP contribution in [-0.2, 0) is 4.74 Å². The highest BCUT2D eigenvalue weighted by atomic mass is 16.5. The fourth-order valence-electron chi connectivity index (χ4n) is 2.85. The molecule has 0 N–H and O–H groups in total. The Balaban J connectivity index is 1.82. The standard InChI is InChI=1S/C18H19NO3/c1-12(10-19)18-13(2)22-17-4-3-15(9-16(17)18)21-11-14-5-7-20-8-6-14/h3-4,9,14H,1,5-8,11H2,2H3. The number of aryl methyl sites for hydroxylation is 1. The highest BCUT2D eigenvalue weighted by molar-refractivity contribution is 5.96. The maximum Gasteiger partial charge on any atom is 0.135 e. The Kier molecular flexibility index (Phi) is 4.17. The van der Waals surface area contributed by atoms with Gasteiger partial charge in [0.15, 0.2) is 0 Å². The van der Waals surface area contributed by atoms with Crippen molar-refractivity contribution in [2.45, 2.75) is 19.8 Å². The molecule has 0 atom stereocenters. The number of allylic oxidation sites excluding steroid dienone is 1. The van der Waals surface area contributed by atoms with Crippen LogP contribution < -0.4 is 4.74 Å². The fourth-order valence-corrected chi connectivity index (χ4v) is 2.85. The number of benzene rings is 1. The summed E-state index contributed by atoms with van der Waals surface area (Å²) < 4.78 is 17.0. The van der Waals surface area contributed by atoms with Crippen molar-refractivity contribution in [2.75, 3.05) is 19.8 Å². The third-order valence-electron chi connectivity index (χ3n) is 4.10. The molecule has 1 aromatic carbocycles. The Labute approximate surface area is 129 Å². The normalized spacial score (nSPS) is 15.6. The van der Waals surface area contributed by atoms with Crippen molar-refractivity contribution in [3.05, 3.63) is 36.1 Å². The van der Waals surface area contributed by atoms with Crippen LogP contribution in [0.1, 0.15) is 24.2 Å². The molecular formula is C18H19NO3. The lowest BCUT2D eigenvalue weighted by Crippen LogP contribution is -2.21. The number of hydrogen-bond donors (Lipinski definition) is 0. The molecule has 0 unspecified atom stereocenters. The van der Waals surface area contributed by atoms with E-state index in [9.17, 15) is 0 Å². The Bertz CT molecular complexity index is 733. The van der Waals surface area contributed by atoms with Crippen molar-refractivity contribution in [1.29, 1.82) is 5.26 Å².